The summed E-state index contributed by atoms with van der Waals surface area (Å²) in [6.07, 6.45) is 4.63. The molecule has 0 radical (unpaired) electrons. The van der Waals surface area contributed by atoms with Crippen LogP contribution < -0.4 is 0 Å². The average Bonchev–Trinajstić information content (AvgIpc) is 2.91. The van der Waals surface area contributed by atoms with Gasteiger partial charge in [-0.15, -0.1) is 0 Å². The molecule has 3 nitrogen and oxygen atoms in total. The first-order valence-electron chi connectivity index (χ1n) is 7.27. The lowest BCUT2D eigenvalue weighted by Gasteiger charge is -2.30. The Labute approximate surface area is 119 Å². The van der Waals surface area contributed by atoms with Crippen molar-refractivity contribution < 1.29 is 14.3 Å². The maximum absolute atomic E-state index is 13.3. The van der Waals surface area contributed by atoms with Crippen LogP contribution in [0.15, 0.2) is 24.3 Å². The predicted octanol–water partition coefficient (Wildman–Crippen LogP) is 3.29. The number of benzene rings is 1. The van der Waals surface area contributed by atoms with E-state index in [4.69, 9.17) is 5.11 Å². The Morgan fingerprint density at radius 1 is 1.45 bits per heavy atom. The Bertz CT molecular complexity index is 458. The molecule has 1 aliphatic carbocycles. The Morgan fingerprint density at radius 3 is 2.75 bits per heavy atom. The fourth-order valence-corrected chi connectivity index (χ4v) is 2.91. The molecule has 1 aromatic rings. The van der Waals surface area contributed by atoms with Gasteiger partial charge in [0.2, 0.25) is 0 Å². The molecule has 110 valence electrons. The van der Waals surface area contributed by atoms with Gasteiger partial charge in [-0.05, 0) is 30.5 Å². The fourth-order valence-electron chi connectivity index (χ4n) is 2.91. The molecule has 1 unspecified atom stereocenters. The van der Waals surface area contributed by atoms with Gasteiger partial charge in [-0.2, -0.15) is 0 Å². The third kappa shape index (κ3) is 4.04. The topological polar surface area (TPSA) is 40.5 Å². The Morgan fingerprint density at radius 2 is 2.15 bits per heavy atom. The average molecular weight is 279 g/mol. The lowest BCUT2D eigenvalue weighted by atomic mass is 10.1. The van der Waals surface area contributed by atoms with Crippen LogP contribution >= 0.6 is 0 Å². The number of hydrogen-bond acceptors (Lipinski definition) is 2. The molecule has 1 atom stereocenters. The number of halogens is 1. The highest BCUT2D eigenvalue weighted by atomic mass is 19.1. The van der Waals surface area contributed by atoms with Crippen molar-refractivity contribution >= 4 is 5.97 Å². The van der Waals surface area contributed by atoms with Gasteiger partial charge in [0.1, 0.15) is 5.82 Å². The standard InChI is InChI=1S/C16H22FNO2/c1-12(16(19)20)10-18(15-7-2-3-8-15)11-13-5-4-6-14(17)9-13/h4-6,9,12,15H,2-3,7-8,10-11H2,1H3,(H,19,20). The number of carbonyl (C=O) groups is 1. The largest absolute Gasteiger partial charge is 0.481 e. The molecule has 0 spiro atoms. The first-order chi connectivity index (χ1) is 9.56. The second-order valence-corrected chi connectivity index (χ2v) is 5.74. The summed E-state index contributed by atoms with van der Waals surface area (Å²) in [6, 6.07) is 7.01. The number of carboxylic acids is 1. The Balaban J connectivity index is 2.07. The summed E-state index contributed by atoms with van der Waals surface area (Å²) in [4.78, 5) is 13.3. The van der Waals surface area contributed by atoms with Gasteiger partial charge < -0.3 is 5.11 Å². The summed E-state index contributed by atoms with van der Waals surface area (Å²) in [7, 11) is 0. The van der Waals surface area contributed by atoms with Gasteiger partial charge in [0.05, 0.1) is 5.92 Å². The van der Waals surface area contributed by atoms with E-state index in [2.05, 4.69) is 4.90 Å². The molecule has 1 fully saturated rings. The second-order valence-electron chi connectivity index (χ2n) is 5.74. The quantitative estimate of drug-likeness (QED) is 0.868. The van der Waals surface area contributed by atoms with Crippen LogP contribution in [0.5, 0.6) is 0 Å². The van der Waals surface area contributed by atoms with E-state index in [-0.39, 0.29) is 5.82 Å². The van der Waals surface area contributed by atoms with Crippen LogP contribution in [0.25, 0.3) is 0 Å². The lowest BCUT2D eigenvalue weighted by Crippen LogP contribution is -2.38. The molecule has 0 heterocycles. The molecule has 2 rings (SSSR count). The van der Waals surface area contributed by atoms with Crippen LogP contribution in [0, 0.1) is 11.7 Å². The molecule has 1 saturated carbocycles. The monoisotopic (exact) mass is 279 g/mol. The van der Waals surface area contributed by atoms with E-state index in [1.54, 1.807) is 13.0 Å². The minimum absolute atomic E-state index is 0.236. The minimum atomic E-state index is -0.771. The van der Waals surface area contributed by atoms with Gasteiger partial charge in [-0.3, -0.25) is 9.69 Å². The highest BCUT2D eigenvalue weighted by Gasteiger charge is 2.25. The zero-order valence-electron chi connectivity index (χ0n) is 11.9. The van der Waals surface area contributed by atoms with Crippen molar-refractivity contribution in [3.63, 3.8) is 0 Å². The van der Waals surface area contributed by atoms with E-state index < -0.39 is 11.9 Å². The summed E-state index contributed by atoms with van der Waals surface area (Å²) in [5, 5.41) is 9.10. The lowest BCUT2D eigenvalue weighted by molar-refractivity contribution is -0.142. The molecule has 0 aliphatic heterocycles. The number of nitrogens with zero attached hydrogens (tertiary/aromatic N) is 1. The molecular formula is C16H22FNO2. The maximum Gasteiger partial charge on any atom is 0.307 e. The number of carboxylic acid groups (broad SMARTS) is 1. The van der Waals surface area contributed by atoms with E-state index in [9.17, 15) is 9.18 Å². The first-order valence-corrected chi connectivity index (χ1v) is 7.27. The van der Waals surface area contributed by atoms with Crippen molar-refractivity contribution in [2.24, 2.45) is 5.92 Å². The van der Waals surface area contributed by atoms with Crippen molar-refractivity contribution in [1.29, 1.82) is 0 Å². The van der Waals surface area contributed by atoms with Crippen LogP contribution in [-0.4, -0.2) is 28.6 Å². The van der Waals surface area contributed by atoms with Gasteiger partial charge in [0.15, 0.2) is 0 Å². The van der Waals surface area contributed by atoms with Gasteiger partial charge >= 0.3 is 5.97 Å². The highest BCUT2D eigenvalue weighted by Crippen LogP contribution is 2.26. The zero-order valence-corrected chi connectivity index (χ0v) is 11.9. The van der Waals surface area contributed by atoms with Crippen molar-refractivity contribution in [1.82, 2.24) is 4.90 Å². The smallest absolute Gasteiger partial charge is 0.307 e. The third-order valence-corrected chi connectivity index (χ3v) is 4.05. The van der Waals surface area contributed by atoms with Crippen molar-refractivity contribution in [2.75, 3.05) is 6.54 Å². The molecule has 1 aromatic carbocycles. The summed E-state index contributed by atoms with van der Waals surface area (Å²) in [6.45, 7) is 2.88. The number of aliphatic carboxylic acids is 1. The van der Waals surface area contributed by atoms with Crippen LogP contribution in [0.3, 0.4) is 0 Å². The SMILES string of the molecule is CC(CN(Cc1cccc(F)c1)C1CCCC1)C(=O)O. The van der Waals surface area contributed by atoms with E-state index >= 15 is 0 Å². The third-order valence-electron chi connectivity index (χ3n) is 4.05. The molecule has 0 bridgehead atoms. The van der Waals surface area contributed by atoms with Crippen molar-refractivity contribution in [3.8, 4) is 0 Å². The second kappa shape index (κ2) is 6.84. The molecule has 1 aliphatic rings. The Hall–Kier alpha value is -1.42. The molecule has 0 aromatic heterocycles. The Kier molecular flexibility index (Phi) is 5.12. The van der Waals surface area contributed by atoms with E-state index in [0.29, 0.717) is 19.1 Å². The number of hydrogen-bond donors (Lipinski definition) is 1. The molecular weight excluding hydrogens is 257 g/mol. The van der Waals surface area contributed by atoms with Crippen LogP contribution in [0.1, 0.15) is 38.2 Å². The molecule has 20 heavy (non-hydrogen) atoms. The van der Waals surface area contributed by atoms with Crippen LogP contribution in [0.4, 0.5) is 4.39 Å². The van der Waals surface area contributed by atoms with E-state index in [1.807, 2.05) is 6.07 Å². The van der Waals surface area contributed by atoms with Crippen LogP contribution in [-0.2, 0) is 11.3 Å². The molecule has 1 N–H and O–H groups in total. The van der Waals surface area contributed by atoms with Crippen molar-refractivity contribution in [3.05, 3.63) is 35.6 Å². The zero-order chi connectivity index (χ0) is 14.5. The molecule has 0 saturated heterocycles. The normalized spacial score (nSPS) is 17.6. The predicted molar refractivity (Wildman–Crippen MR) is 75.9 cm³/mol. The summed E-state index contributed by atoms with van der Waals surface area (Å²) in [5.41, 5.74) is 0.912. The molecule has 4 heteroatoms. The summed E-state index contributed by atoms with van der Waals surface area (Å²) >= 11 is 0. The van der Waals surface area contributed by atoms with Crippen molar-refractivity contribution in [2.45, 2.75) is 45.2 Å². The van der Waals surface area contributed by atoms with Gasteiger partial charge in [0, 0.05) is 19.1 Å². The van der Waals surface area contributed by atoms with Gasteiger partial charge in [0.25, 0.3) is 0 Å². The van der Waals surface area contributed by atoms with E-state index in [1.165, 1.54) is 25.0 Å². The highest BCUT2D eigenvalue weighted by molar-refractivity contribution is 5.69. The minimum Gasteiger partial charge on any atom is -0.481 e. The van der Waals surface area contributed by atoms with Gasteiger partial charge in [-0.1, -0.05) is 31.9 Å². The maximum atomic E-state index is 13.3. The van der Waals surface area contributed by atoms with E-state index in [0.717, 1.165) is 18.4 Å². The summed E-state index contributed by atoms with van der Waals surface area (Å²) < 4.78 is 13.3. The molecule has 0 amide bonds. The number of rotatable bonds is 6. The fraction of sp³-hybridized carbons (Fsp3) is 0.562. The summed E-state index contributed by atoms with van der Waals surface area (Å²) in [5.74, 6) is -1.41. The first kappa shape index (κ1) is 15.0. The van der Waals surface area contributed by atoms with Crippen LogP contribution in [0.2, 0.25) is 0 Å². The van der Waals surface area contributed by atoms with Gasteiger partial charge in [-0.25, -0.2) is 4.39 Å².